The van der Waals surface area contributed by atoms with Crippen molar-refractivity contribution in [3.63, 3.8) is 0 Å². The average Bonchev–Trinajstić information content (AvgIpc) is 3.50. The number of hydrogen-bond acceptors (Lipinski definition) is 7. The van der Waals surface area contributed by atoms with Gasteiger partial charge < -0.3 is 19.9 Å². The molecule has 1 fully saturated rings. The number of esters is 1. The smallest absolute Gasteiger partial charge is 0.330 e. The minimum Gasteiger partial charge on any atom is -0.467 e. The summed E-state index contributed by atoms with van der Waals surface area (Å²) >= 11 is 1.74. The third-order valence-electron chi connectivity index (χ3n) is 7.62. The molecule has 0 spiro atoms. The van der Waals surface area contributed by atoms with Crippen molar-refractivity contribution >= 4 is 23.2 Å². The van der Waals surface area contributed by atoms with E-state index in [0.717, 1.165) is 28.7 Å². The average molecular weight is 551 g/mol. The zero-order chi connectivity index (χ0) is 27.6. The molecule has 2 N–H and O–H groups in total. The van der Waals surface area contributed by atoms with Crippen LogP contribution in [0.3, 0.4) is 0 Å². The predicted octanol–water partition coefficient (Wildman–Crippen LogP) is 5.65. The molecule has 208 valence electrons. The molecule has 2 aromatic carbocycles. The second kappa shape index (κ2) is 14.4. The number of aliphatic hydroxyl groups excluding tert-OH is 1. The molecule has 7 nitrogen and oxygen atoms in total. The molecule has 1 unspecified atom stereocenters. The largest absolute Gasteiger partial charge is 0.467 e. The summed E-state index contributed by atoms with van der Waals surface area (Å²) in [5, 5.41) is 12.2. The van der Waals surface area contributed by atoms with E-state index in [1.807, 2.05) is 55.0 Å². The van der Waals surface area contributed by atoms with E-state index in [4.69, 9.17) is 9.47 Å². The number of benzene rings is 2. The Morgan fingerprint density at radius 2 is 1.92 bits per heavy atom. The highest BCUT2D eigenvalue weighted by atomic mass is 32.1. The van der Waals surface area contributed by atoms with E-state index in [1.165, 1.54) is 44.1 Å². The number of thiazole rings is 1. The van der Waals surface area contributed by atoms with E-state index in [-0.39, 0.29) is 0 Å². The highest BCUT2D eigenvalue weighted by molar-refractivity contribution is 7.09. The van der Waals surface area contributed by atoms with E-state index in [0.29, 0.717) is 30.6 Å². The lowest BCUT2D eigenvalue weighted by Crippen LogP contribution is -2.44. The number of carbonyl (C=O) groups is 2. The highest BCUT2D eigenvalue weighted by Gasteiger charge is 2.26. The van der Waals surface area contributed by atoms with Crippen molar-refractivity contribution in [1.82, 2.24) is 10.3 Å². The third kappa shape index (κ3) is 7.53. The zero-order valence-corrected chi connectivity index (χ0v) is 23.5. The van der Waals surface area contributed by atoms with E-state index < -0.39 is 24.5 Å². The Balaban J connectivity index is 1.48. The molecule has 1 saturated carbocycles. The number of aryl methyl sites for hydroxylation is 1. The second-order valence-corrected chi connectivity index (χ2v) is 11.1. The van der Waals surface area contributed by atoms with Crippen LogP contribution < -0.4 is 5.32 Å². The van der Waals surface area contributed by atoms with E-state index in [9.17, 15) is 14.7 Å². The minimum atomic E-state index is -1.13. The number of nitrogens with zero attached hydrogens (tertiary/aromatic N) is 1. The van der Waals surface area contributed by atoms with Gasteiger partial charge >= 0.3 is 5.97 Å². The van der Waals surface area contributed by atoms with Crippen molar-refractivity contribution in [2.45, 2.75) is 64.0 Å². The molecule has 1 heterocycles. The molecule has 1 aromatic heterocycles. The van der Waals surface area contributed by atoms with Crippen LogP contribution in [0.15, 0.2) is 54.2 Å². The molecule has 1 aliphatic carbocycles. The lowest BCUT2D eigenvalue weighted by atomic mass is 9.78. The zero-order valence-electron chi connectivity index (χ0n) is 22.7. The Bertz CT molecular complexity index is 1220. The van der Waals surface area contributed by atoms with Gasteiger partial charge in [-0.15, -0.1) is 11.3 Å². The van der Waals surface area contributed by atoms with Crippen LogP contribution in [0.1, 0.15) is 70.8 Å². The minimum absolute atomic E-state index is 0.415. The topological polar surface area (TPSA) is 97.8 Å². The van der Waals surface area contributed by atoms with Crippen molar-refractivity contribution in [2.75, 3.05) is 20.3 Å². The van der Waals surface area contributed by atoms with Crippen LogP contribution in [-0.2, 0) is 20.9 Å². The van der Waals surface area contributed by atoms with E-state index >= 15 is 0 Å². The van der Waals surface area contributed by atoms with E-state index in [2.05, 4.69) is 10.3 Å². The first-order chi connectivity index (χ1) is 19.0. The summed E-state index contributed by atoms with van der Waals surface area (Å²) in [7, 11) is 1.22. The van der Waals surface area contributed by atoms with Crippen LogP contribution in [0, 0.1) is 12.8 Å². The molecule has 2 atom stereocenters. The van der Waals surface area contributed by atoms with Gasteiger partial charge in [0.05, 0.1) is 25.8 Å². The summed E-state index contributed by atoms with van der Waals surface area (Å²) in [4.78, 5) is 30.8. The molecule has 4 rings (SSSR count). The van der Waals surface area contributed by atoms with Gasteiger partial charge in [0, 0.05) is 23.2 Å². The molecule has 0 aliphatic heterocycles. The monoisotopic (exact) mass is 550 g/mol. The summed E-state index contributed by atoms with van der Waals surface area (Å²) in [5.41, 5.74) is 5.99. The number of nitrogens with one attached hydrogen (secondary N) is 1. The summed E-state index contributed by atoms with van der Waals surface area (Å²) in [6.07, 6.45) is 9.49. The second-order valence-electron chi connectivity index (χ2n) is 10.2. The molecule has 1 aliphatic rings. The van der Waals surface area contributed by atoms with Crippen LogP contribution in [0.2, 0.25) is 0 Å². The Kier molecular flexibility index (Phi) is 10.6. The van der Waals surface area contributed by atoms with Crippen LogP contribution in [0.5, 0.6) is 0 Å². The summed E-state index contributed by atoms with van der Waals surface area (Å²) in [6.45, 7) is 2.53. The fourth-order valence-electron chi connectivity index (χ4n) is 5.49. The van der Waals surface area contributed by atoms with Gasteiger partial charge in [-0.05, 0) is 72.4 Å². The number of ether oxygens (including phenoxy) is 2. The van der Waals surface area contributed by atoms with Gasteiger partial charge in [0.15, 0.2) is 6.04 Å². The molecular weight excluding hydrogens is 512 g/mol. The van der Waals surface area contributed by atoms with Crippen molar-refractivity contribution < 1.29 is 24.2 Å². The van der Waals surface area contributed by atoms with Crippen molar-refractivity contribution in [3.05, 3.63) is 75.7 Å². The first kappa shape index (κ1) is 28.9. The number of amides is 1. The fourth-order valence-corrected chi connectivity index (χ4v) is 6.34. The summed E-state index contributed by atoms with van der Waals surface area (Å²) < 4.78 is 10.9. The van der Waals surface area contributed by atoms with Crippen LogP contribution in [-0.4, -0.2) is 48.3 Å². The summed E-state index contributed by atoms with van der Waals surface area (Å²) in [6, 6.07) is 12.3. The standard InChI is InChI=1S/C31H38N2O5S/c1-21-8-6-7-11-24(21)27-16-22(12-13-26(27)30(35)33-28(18-34)31(36)37-2)19-38-15-14-25(29-17-32-20-39-29)23-9-4-3-5-10-23/h6-8,11-13,16-17,20,23,25,28,34H,3-5,9-10,14-15,18-19H2,1-2H3,(H,33,35)/t25?,28-/m0/s1. The number of hydrogen-bond donors (Lipinski definition) is 2. The van der Waals surface area contributed by atoms with Gasteiger partial charge in [-0.25, -0.2) is 4.79 Å². The first-order valence-electron chi connectivity index (χ1n) is 13.7. The third-order valence-corrected chi connectivity index (χ3v) is 8.52. The maximum atomic E-state index is 13.2. The quantitative estimate of drug-likeness (QED) is 0.223. The van der Waals surface area contributed by atoms with Crippen LogP contribution >= 0.6 is 11.3 Å². The van der Waals surface area contributed by atoms with Crippen molar-refractivity contribution in [1.29, 1.82) is 0 Å². The number of methoxy groups -OCH3 is 1. The molecular formula is C31H38N2O5S. The van der Waals surface area contributed by atoms with Gasteiger partial charge in [-0.2, -0.15) is 0 Å². The van der Waals surface area contributed by atoms with Gasteiger partial charge in [0.2, 0.25) is 0 Å². The Labute approximate surface area is 234 Å². The molecule has 3 aromatic rings. The highest BCUT2D eigenvalue weighted by Crippen LogP contribution is 2.39. The first-order valence-corrected chi connectivity index (χ1v) is 14.5. The molecule has 0 bridgehead atoms. The fraction of sp³-hybridized carbons (Fsp3) is 0.452. The van der Waals surface area contributed by atoms with Crippen LogP contribution in [0.4, 0.5) is 0 Å². The Hall–Kier alpha value is -3.07. The molecule has 0 saturated heterocycles. The number of aliphatic hydroxyl groups is 1. The number of carbonyl (C=O) groups excluding carboxylic acids is 2. The number of aromatic nitrogens is 1. The SMILES string of the molecule is COC(=O)[C@H](CO)NC(=O)c1ccc(COCCC(c2cncs2)C2CCCCC2)cc1-c1ccccc1C. The van der Waals surface area contributed by atoms with Gasteiger partial charge in [0.25, 0.3) is 5.91 Å². The normalized spacial score (nSPS) is 15.5. The maximum absolute atomic E-state index is 13.2. The van der Waals surface area contributed by atoms with Crippen molar-refractivity contribution in [2.24, 2.45) is 5.92 Å². The van der Waals surface area contributed by atoms with Gasteiger partial charge in [-0.3, -0.25) is 9.78 Å². The predicted molar refractivity (Wildman–Crippen MR) is 153 cm³/mol. The van der Waals surface area contributed by atoms with Crippen LogP contribution in [0.25, 0.3) is 11.1 Å². The molecule has 8 heteroatoms. The Morgan fingerprint density at radius 3 is 2.62 bits per heavy atom. The lowest BCUT2D eigenvalue weighted by Gasteiger charge is -2.29. The van der Waals surface area contributed by atoms with Crippen molar-refractivity contribution in [3.8, 4) is 11.1 Å². The van der Waals surface area contributed by atoms with Gasteiger partial charge in [0.1, 0.15) is 0 Å². The van der Waals surface area contributed by atoms with E-state index in [1.54, 1.807) is 17.4 Å². The summed E-state index contributed by atoms with van der Waals surface area (Å²) in [5.74, 6) is 0.0323. The number of rotatable bonds is 12. The van der Waals surface area contributed by atoms with Gasteiger partial charge in [-0.1, -0.05) is 49.6 Å². The molecule has 39 heavy (non-hydrogen) atoms. The molecule has 0 radical (unpaired) electrons. The molecule has 1 amide bonds. The maximum Gasteiger partial charge on any atom is 0.330 e. The lowest BCUT2D eigenvalue weighted by molar-refractivity contribution is -0.143. The Morgan fingerprint density at radius 1 is 1.13 bits per heavy atom.